The number of hydrogen-bond acceptors (Lipinski definition) is 4. The van der Waals surface area contributed by atoms with E-state index in [-0.39, 0.29) is 10.9 Å². The molecular formula is C14H18N2O2S2. The highest BCUT2D eigenvalue weighted by atomic mass is 32.2. The van der Waals surface area contributed by atoms with E-state index in [1.807, 2.05) is 31.4 Å². The molecule has 0 aliphatic rings. The van der Waals surface area contributed by atoms with Gasteiger partial charge < -0.3 is 5.73 Å². The number of anilines is 1. The van der Waals surface area contributed by atoms with Gasteiger partial charge in [-0.1, -0.05) is 19.1 Å². The Hall–Kier alpha value is -1.37. The summed E-state index contributed by atoms with van der Waals surface area (Å²) in [6, 6.07) is 8.43. The first-order chi connectivity index (χ1) is 9.44. The third-order valence-corrected chi connectivity index (χ3v) is 5.70. The largest absolute Gasteiger partial charge is 0.398 e. The minimum atomic E-state index is -3.56. The fourth-order valence-electron chi connectivity index (χ4n) is 1.96. The number of nitrogens with one attached hydrogen (secondary N) is 1. The summed E-state index contributed by atoms with van der Waals surface area (Å²) in [6.45, 7) is 3.81. The summed E-state index contributed by atoms with van der Waals surface area (Å²) in [7, 11) is -3.56. The van der Waals surface area contributed by atoms with Crippen LogP contribution in [0.4, 0.5) is 5.69 Å². The van der Waals surface area contributed by atoms with Crippen LogP contribution in [0.1, 0.15) is 30.3 Å². The molecule has 0 bridgehead atoms. The summed E-state index contributed by atoms with van der Waals surface area (Å²) in [5, 5.41) is 1.92. The van der Waals surface area contributed by atoms with Gasteiger partial charge in [-0.25, -0.2) is 13.1 Å². The predicted octanol–water partition coefficient (Wildman–Crippen LogP) is 2.93. The molecular weight excluding hydrogens is 292 g/mol. The number of sulfonamides is 1. The van der Waals surface area contributed by atoms with Crippen LogP contribution in [0.5, 0.6) is 0 Å². The van der Waals surface area contributed by atoms with Gasteiger partial charge in [0.1, 0.15) is 0 Å². The Kier molecular flexibility index (Phi) is 4.47. The van der Waals surface area contributed by atoms with Crippen molar-refractivity contribution in [3.8, 4) is 0 Å². The smallest absolute Gasteiger partial charge is 0.241 e. The third-order valence-electron chi connectivity index (χ3n) is 3.11. The van der Waals surface area contributed by atoms with Gasteiger partial charge >= 0.3 is 0 Å². The Balaban J connectivity index is 2.24. The van der Waals surface area contributed by atoms with Crippen molar-refractivity contribution in [1.29, 1.82) is 0 Å². The van der Waals surface area contributed by atoms with E-state index in [1.165, 1.54) is 17.4 Å². The summed E-state index contributed by atoms with van der Waals surface area (Å²) in [5.41, 5.74) is 7.33. The molecule has 0 aliphatic carbocycles. The summed E-state index contributed by atoms with van der Waals surface area (Å²) >= 11 is 1.52. The number of nitrogens with two attached hydrogens (primary N) is 1. The molecule has 2 rings (SSSR count). The highest BCUT2D eigenvalue weighted by molar-refractivity contribution is 7.89. The topological polar surface area (TPSA) is 72.2 Å². The maximum Gasteiger partial charge on any atom is 0.241 e. The number of aryl methyl sites for hydroxylation is 1. The Morgan fingerprint density at radius 2 is 2.10 bits per heavy atom. The van der Waals surface area contributed by atoms with E-state index >= 15 is 0 Å². The quantitative estimate of drug-likeness (QED) is 0.834. The normalized spacial score (nSPS) is 13.3. The number of nitrogen functional groups attached to an aromatic ring is 1. The first kappa shape index (κ1) is 15.0. The lowest BCUT2D eigenvalue weighted by Gasteiger charge is -2.14. The van der Waals surface area contributed by atoms with E-state index < -0.39 is 10.0 Å². The van der Waals surface area contributed by atoms with E-state index in [2.05, 4.69) is 4.72 Å². The third kappa shape index (κ3) is 3.20. The molecule has 1 atom stereocenters. The highest BCUT2D eigenvalue weighted by Crippen LogP contribution is 2.23. The predicted molar refractivity (Wildman–Crippen MR) is 83.3 cm³/mol. The van der Waals surface area contributed by atoms with Crippen molar-refractivity contribution in [2.75, 3.05) is 5.73 Å². The molecule has 2 aromatic rings. The first-order valence-electron chi connectivity index (χ1n) is 6.38. The van der Waals surface area contributed by atoms with Gasteiger partial charge in [0.15, 0.2) is 0 Å². The highest BCUT2D eigenvalue weighted by Gasteiger charge is 2.19. The van der Waals surface area contributed by atoms with Crippen LogP contribution in [0.2, 0.25) is 0 Å². The second-order valence-electron chi connectivity index (χ2n) is 4.57. The standard InChI is InChI=1S/C14H18N2O2S2/c1-3-11-6-7-12(9-13(11)15)20(17,18)16-10(2)14-5-4-8-19-14/h4-10,16H,3,15H2,1-2H3. The van der Waals surface area contributed by atoms with Crippen molar-refractivity contribution in [2.45, 2.75) is 31.2 Å². The van der Waals surface area contributed by atoms with Crippen LogP contribution in [0.3, 0.4) is 0 Å². The van der Waals surface area contributed by atoms with Crippen LogP contribution in [0.25, 0.3) is 0 Å². The zero-order chi connectivity index (χ0) is 14.8. The van der Waals surface area contributed by atoms with Crippen molar-refractivity contribution in [2.24, 2.45) is 0 Å². The van der Waals surface area contributed by atoms with Crippen molar-refractivity contribution in [1.82, 2.24) is 4.72 Å². The van der Waals surface area contributed by atoms with E-state index in [1.54, 1.807) is 12.1 Å². The molecule has 0 amide bonds. The van der Waals surface area contributed by atoms with Gasteiger partial charge in [0.05, 0.1) is 10.9 Å². The van der Waals surface area contributed by atoms with Crippen LogP contribution in [-0.4, -0.2) is 8.42 Å². The fraction of sp³-hybridized carbons (Fsp3) is 0.286. The van der Waals surface area contributed by atoms with Gasteiger partial charge in [-0.2, -0.15) is 0 Å². The molecule has 0 spiro atoms. The maximum absolute atomic E-state index is 12.3. The summed E-state index contributed by atoms with van der Waals surface area (Å²) < 4.78 is 27.3. The van der Waals surface area contributed by atoms with Crippen LogP contribution < -0.4 is 10.5 Å². The number of rotatable bonds is 5. The minimum Gasteiger partial charge on any atom is -0.398 e. The Morgan fingerprint density at radius 3 is 2.65 bits per heavy atom. The molecule has 0 saturated carbocycles. The first-order valence-corrected chi connectivity index (χ1v) is 8.74. The van der Waals surface area contributed by atoms with Gasteiger partial charge in [0.25, 0.3) is 0 Å². The molecule has 20 heavy (non-hydrogen) atoms. The average molecular weight is 310 g/mol. The van der Waals surface area contributed by atoms with Crippen LogP contribution in [0, 0.1) is 0 Å². The van der Waals surface area contributed by atoms with Crippen molar-refractivity contribution in [3.63, 3.8) is 0 Å². The summed E-state index contributed by atoms with van der Waals surface area (Å²) in [5.74, 6) is 0. The second kappa shape index (κ2) is 5.95. The minimum absolute atomic E-state index is 0.204. The Morgan fingerprint density at radius 1 is 1.35 bits per heavy atom. The van der Waals surface area contributed by atoms with Crippen LogP contribution >= 0.6 is 11.3 Å². The average Bonchev–Trinajstić information content (AvgIpc) is 2.92. The summed E-state index contributed by atoms with van der Waals surface area (Å²) in [4.78, 5) is 1.18. The SMILES string of the molecule is CCc1ccc(S(=O)(=O)NC(C)c2cccs2)cc1N. The monoisotopic (exact) mass is 310 g/mol. The Bertz CT molecular complexity index is 679. The molecule has 6 heteroatoms. The zero-order valence-electron chi connectivity index (χ0n) is 11.5. The molecule has 0 fully saturated rings. The van der Waals surface area contributed by atoms with Gasteiger partial charge in [-0.05, 0) is 42.5 Å². The van der Waals surface area contributed by atoms with Crippen LogP contribution in [0.15, 0.2) is 40.6 Å². The van der Waals surface area contributed by atoms with E-state index in [0.29, 0.717) is 5.69 Å². The summed E-state index contributed by atoms with van der Waals surface area (Å²) in [6.07, 6.45) is 0.783. The molecule has 4 nitrogen and oxygen atoms in total. The lowest BCUT2D eigenvalue weighted by atomic mass is 10.1. The lowest BCUT2D eigenvalue weighted by Crippen LogP contribution is -2.26. The molecule has 0 aliphatic heterocycles. The van der Waals surface area contributed by atoms with Gasteiger partial charge in [-0.3, -0.25) is 0 Å². The van der Waals surface area contributed by atoms with Gasteiger partial charge in [0, 0.05) is 10.6 Å². The lowest BCUT2D eigenvalue weighted by molar-refractivity contribution is 0.568. The number of benzene rings is 1. The fourth-order valence-corrected chi connectivity index (χ4v) is 4.03. The van der Waals surface area contributed by atoms with Crippen LogP contribution in [-0.2, 0) is 16.4 Å². The number of thiophene rings is 1. The zero-order valence-corrected chi connectivity index (χ0v) is 13.1. The van der Waals surface area contributed by atoms with Crippen molar-refractivity contribution in [3.05, 3.63) is 46.2 Å². The molecule has 1 aromatic heterocycles. The maximum atomic E-state index is 12.3. The van der Waals surface area contributed by atoms with Gasteiger partial charge in [-0.15, -0.1) is 11.3 Å². The van der Waals surface area contributed by atoms with E-state index in [9.17, 15) is 8.42 Å². The molecule has 0 radical (unpaired) electrons. The van der Waals surface area contributed by atoms with Crippen molar-refractivity contribution < 1.29 is 8.42 Å². The molecule has 1 heterocycles. The van der Waals surface area contributed by atoms with Crippen molar-refractivity contribution >= 4 is 27.0 Å². The molecule has 108 valence electrons. The Labute approximate surface area is 123 Å². The molecule has 3 N–H and O–H groups in total. The second-order valence-corrected chi connectivity index (χ2v) is 7.27. The van der Waals surface area contributed by atoms with Gasteiger partial charge in [0.2, 0.25) is 10.0 Å². The number of hydrogen-bond donors (Lipinski definition) is 2. The molecule has 1 unspecified atom stereocenters. The molecule has 0 saturated heterocycles. The van der Waals surface area contributed by atoms with E-state index in [4.69, 9.17) is 5.73 Å². The molecule has 1 aromatic carbocycles. The van der Waals surface area contributed by atoms with E-state index in [0.717, 1.165) is 16.9 Å².